The van der Waals surface area contributed by atoms with Gasteiger partial charge in [-0.1, -0.05) is 12.1 Å². The number of hydrogen-bond acceptors (Lipinski definition) is 4. The molecule has 0 unspecified atom stereocenters. The number of nitrogens with two attached hydrogens (primary N) is 1. The average molecular weight is 300 g/mol. The molecule has 112 valence electrons. The number of hydrazine groups is 1. The van der Waals surface area contributed by atoms with E-state index in [-0.39, 0.29) is 23.7 Å². The van der Waals surface area contributed by atoms with Crippen molar-refractivity contribution in [2.45, 2.75) is 12.8 Å². The van der Waals surface area contributed by atoms with Crippen molar-refractivity contribution in [1.29, 1.82) is 0 Å². The zero-order chi connectivity index (χ0) is 15.5. The van der Waals surface area contributed by atoms with Gasteiger partial charge in [0.25, 0.3) is 5.91 Å². The summed E-state index contributed by atoms with van der Waals surface area (Å²) in [5.41, 5.74) is 1.10. The first-order chi connectivity index (χ1) is 9.93. The number of furan rings is 1. The van der Waals surface area contributed by atoms with E-state index in [4.69, 9.17) is 15.0 Å². The molecule has 5 nitrogen and oxygen atoms in total. The summed E-state index contributed by atoms with van der Waals surface area (Å²) in [7, 11) is 0. The third kappa shape index (κ3) is 3.34. The van der Waals surface area contributed by atoms with E-state index in [1.807, 2.05) is 5.43 Å². The molecule has 1 amide bonds. The van der Waals surface area contributed by atoms with Gasteiger partial charge in [0.05, 0.1) is 17.4 Å². The molecule has 0 aliphatic carbocycles. The van der Waals surface area contributed by atoms with Crippen LogP contribution in [0.1, 0.15) is 21.7 Å². The summed E-state index contributed by atoms with van der Waals surface area (Å²) in [5.74, 6) is 4.10. The fraction of sp³-hybridized carbons (Fsp3) is 0.154. The number of carbonyl (C=O) groups excluding carboxylic acids is 1. The molecule has 0 radical (unpaired) electrons. The molecule has 8 heteroatoms. The van der Waals surface area contributed by atoms with Crippen LogP contribution >= 0.6 is 0 Å². The van der Waals surface area contributed by atoms with Crippen molar-refractivity contribution in [3.63, 3.8) is 0 Å². The van der Waals surface area contributed by atoms with Gasteiger partial charge in [0, 0.05) is 0 Å². The number of amides is 1. The average Bonchev–Trinajstić information content (AvgIpc) is 2.92. The van der Waals surface area contributed by atoms with E-state index in [1.165, 1.54) is 30.5 Å². The molecule has 0 saturated heterocycles. The second-order valence-corrected chi connectivity index (χ2v) is 4.01. The Labute approximate surface area is 117 Å². The molecule has 0 bridgehead atoms. The van der Waals surface area contributed by atoms with Crippen molar-refractivity contribution >= 4 is 5.91 Å². The molecule has 0 atom stereocenters. The minimum Gasteiger partial charge on any atom is -0.485 e. The van der Waals surface area contributed by atoms with Gasteiger partial charge in [-0.3, -0.25) is 10.2 Å². The largest absolute Gasteiger partial charge is 0.485 e. The van der Waals surface area contributed by atoms with Crippen LogP contribution in [0.3, 0.4) is 0 Å². The van der Waals surface area contributed by atoms with Crippen LogP contribution in [-0.2, 0) is 12.8 Å². The van der Waals surface area contributed by atoms with Crippen molar-refractivity contribution in [3.05, 3.63) is 53.5 Å². The zero-order valence-corrected chi connectivity index (χ0v) is 10.6. The molecule has 0 aliphatic rings. The first-order valence-corrected chi connectivity index (χ1v) is 5.80. The van der Waals surface area contributed by atoms with Gasteiger partial charge in [-0.25, -0.2) is 5.84 Å². The highest BCUT2D eigenvalue weighted by atomic mass is 19.4. The highest BCUT2D eigenvalue weighted by molar-refractivity contribution is 5.94. The summed E-state index contributed by atoms with van der Waals surface area (Å²) in [6, 6.07) is 6.12. The van der Waals surface area contributed by atoms with E-state index >= 15 is 0 Å². The second kappa shape index (κ2) is 5.88. The number of carbonyl (C=O) groups is 1. The summed E-state index contributed by atoms with van der Waals surface area (Å²) < 4.78 is 48.5. The van der Waals surface area contributed by atoms with Gasteiger partial charge in [-0.15, -0.1) is 0 Å². The van der Waals surface area contributed by atoms with Crippen LogP contribution in [0, 0.1) is 0 Å². The van der Waals surface area contributed by atoms with E-state index in [1.54, 1.807) is 0 Å². The normalized spacial score (nSPS) is 11.2. The lowest BCUT2D eigenvalue weighted by atomic mass is 10.2. The summed E-state index contributed by atoms with van der Waals surface area (Å²) in [5, 5.41) is 0. The lowest BCUT2D eigenvalue weighted by Gasteiger charge is -2.13. The van der Waals surface area contributed by atoms with E-state index in [2.05, 4.69) is 0 Å². The number of benzene rings is 1. The van der Waals surface area contributed by atoms with Gasteiger partial charge < -0.3 is 9.15 Å². The van der Waals surface area contributed by atoms with Crippen LogP contribution in [0.5, 0.6) is 5.75 Å². The van der Waals surface area contributed by atoms with E-state index in [0.717, 1.165) is 6.07 Å². The molecule has 0 fully saturated rings. The minimum absolute atomic E-state index is 0.0786. The number of hydrogen-bond donors (Lipinski definition) is 2. The van der Waals surface area contributed by atoms with Gasteiger partial charge in [0.15, 0.2) is 5.76 Å². The van der Waals surface area contributed by atoms with Gasteiger partial charge in [0.1, 0.15) is 12.4 Å². The summed E-state index contributed by atoms with van der Waals surface area (Å²) in [6.07, 6.45) is -3.31. The third-order valence-corrected chi connectivity index (χ3v) is 2.67. The predicted octanol–water partition coefficient (Wildman–Crippen LogP) is 2.48. The number of nitrogen functional groups attached to an aromatic ring is 1. The number of nitrogens with one attached hydrogen (secondary N) is 1. The fourth-order valence-corrected chi connectivity index (χ4v) is 1.70. The lowest BCUT2D eigenvalue weighted by Crippen LogP contribution is -2.30. The third-order valence-electron chi connectivity index (χ3n) is 2.67. The van der Waals surface area contributed by atoms with Crippen LogP contribution in [0.25, 0.3) is 0 Å². The second-order valence-electron chi connectivity index (χ2n) is 4.01. The maximum absolute atomic E-state index is 12.8. The van der Waals surface area contributed by atoms with Crippen LogP contribution in [0.4, 0.5) is 13.2 Å². The van der Waals surface area contributed by atoms with Crippen molar-refractivity contribution in [2.75, 3.05) is 0 Å². The van der Waals surface area contributed by atoms with Crippen LogP contribution in [0.15, 0.2) is 41.0 Å². The molecule has 1 aromatic heterocycles. The van der Waals surface area contributed by atoms with Crippen molar-refractivity contribution < 1.29 is 27.1 Å². The Bertz CT molecular complexity index is 638. The maximum atomic E-state index is 12.8. The fourth-order valence-electron chi connectivity index (χ4n) is 1.70. The standard InChI is InChI=1S/C13H11F3N2O3/c14-13(15,16)9-3-1-2-4-10(9)21-7-11-8(5-6-20-11)12(19)18-17/h1-6H,7,17H2,(H,18,19). The maximum Gasteiger partial charge on any atom is 0.419 e. The summed E-state index contributed by atoms with van der Waals surface area (Å²) in [6.45, 7) is -0.331. The first kappa shape index (κ1) is 14.9. The molecule has 0 aliphatic heterocycles. The Morgan fingerprint density at radius 1 is 1.29 bits per heavy atom. The van der Waals surface area contributed by atoms with E-state index in [0.29, 0.717) is 0 Å². The SMILES string of the molecule is NNC(=O)c1ccoc1COc1ccccc1C(F)(F)F. The molecule has 0 spiro atoms. The van der Waals surface area contributed by atoms with Crippen LogP contribution in [-0.4, -0.2) is 5.91 Å². The monoisotopic (exact) mass is 300 g/mol. The molecule has 21 heavy (non-hydrogen) atoms. The Balaban J connectivity index is 2.18. The summed E-state index contributed by atoms with van der Waals surface area (Å²) >= 11 is 0. The molecule has 2 rings (SSSR count). The van der Waals surface area contributed by atoms with Crippen LogP contribution in [0.2, 0.25) is 0 Å². The zero-order valence-electron chi connectivity index (χ0n) is 10.6. The van der Waals surface area contributed by atoms with Crippen molar-refractivity contribution in [2.24, 2.45) is 5.84 Å². The van der Waals surface area contributed by atoms with Gasteiger partial charge in [0.2, 0.25) is 0 Å². The molecule has 0 saturated carbocycles. The van der Waals surface area contributed by atoms with Crippen LogP contribution < -0.4 is 16.0 Å². The quantitative estimate of drug-likeness (QED) is 0.516. The number of alkyl halides is 3. The smallest absolute Gasteiger partial charge is 0.419 e. The molecule has 2 aromatic rings. The molecule has 1 aromatic carbocycles. The Hall–Kier alpha value is -2.48. The van der Waals surface area contributed by atoms with Crippen molar-refractivity contribution in [1.82, 2.24) is 5.43 Å². The lowest BCUT2D eigenvalue weighted by molar-refractivity contribution is -0.139. The first-order valence-electron chi connectivity index (χ1n) is 5.80. The Kier molecular flexibility index (Phi) is 4.18. The number of para-hydroxylation sites is 1. The highest BCUT2D eigenvalue weighted by Crippen LogP contribution is 2.36. The van der Waals surface area contributed by atoms with Gasteiger partial charge in [-0.05, 0) is 18.2 Å². The van der Waals surface area contributed by atoms with E-state index < -0.39 is 17.6 Å². The summed E-state index contributed by atoms with van der Waals surface area (Å²) in [4.78, 5) is 11.4. The Morgan fingerprint density at radius 3 is 2.67 bits per heavy atom. The molecule has 3 N–H and O–H groups in total. The van der Waals surface area contributed by atoms with E-state index in [9.17, 15) is 18.0 Å². The minimum atomic E-state index is -4.53. The highest BCUT2D eigenvalue weighted by Gasteiger charge is 2.34. The number of rotatable bonds is 4. The van der Waals surface area contributed by atoms with Gasteiger partial charge in [-0.2, -0.15) is 13.2 Å². The predicted molar refractivity (Wildman–Crippen MR) is 66.1 cm³/mol. The number of ether oxygens (including phenoxy) is 1. The topological polar surface area (TPSA) is 77.5 Å². The number of halogens is 3. The van der Waals surface area contributed by atoms with Gasteiger partial charge >= 0.3 is 6.18 Å². The molecule has 1 heterocycles. The molecular formula is C13H11F3N2O3. The molecular weight excluding hydrogens is 289 g/mol. The Morgan fingerprint density at radius 2 is 2.00 bits per heavy atom. The van der Waals surface area contributed by atoms with Crippen molar-refractivity contribution in [3.8, 4) is 5.75 Å².